The van der Waals surface area contributed by atoms with Crippen molar-refractivity contribution in [1.82, 2.24) is 10.2 Å². The van der Waals surface area contributed by atoms with Crippen molar-refractivity contribution in [2.75, 3.05) is 34.0 Å². The van der Waals surface area contributed by atoms with Crippen LogP contribution in [0.3, 0.4) is 0 Å². The van der Waals surface area contributed by atoms with Crippen molar-refractivity contribution in [3.8, 4) is 0 Å². The molecule has 1 aliphatic rings. The SMILES string of the molecule is COCCN(C(=O)NC1CCCCC1)C(C)COC. The predicted molar refractivity (Wildman–Crippen MR) is 75.3 cm³/mol. The first kappa shape index (κ1) is 16.2. The van der Waals surface area contributed by atoms with E-state index in [9.17, 15) is 4.79 Å². The standard InChI is InChI=1S/C14H28N2O3/c1-12(11-19-3)16(9-10-18-2)14(17)15-13-7-5-4-6-8-13/h12-13H,4-11H2,1-3H3,(H,15,17). The van der Waals surface area contributed by atoms with E-state index < -0.39 is 0 Å². The lowest BCUT2D eigenvalue weighted by molar-refractivity contribution is 0.0886. The summed E-state index contributed by atoms with van der Waals surface area (Å²) in [6.07, 6.45) is 5.93. The number of hydrogen-bond donors (Lipinski definition) is 1. The average molecular weight is 272 g/mol. The van der Waals surface area contributed by atoms with Crippen LogP contribution in [0, 0.1) is 0 Å². The molecule has 5 heteroatoms. The maximum atomic E-state index is 12.3. The summed E-state index contributed by atoms with van der Waals surface area (Å²) >= 11 is 0. The van der Waals surface area contributed by atoms with Gasteiger partial charge in [-0.25, -0.2) is 4.79 Å². The van der Waals surface area contributed by atoms with Crippen molar-refractivity contribution in [3.63, 3.8) is 0 Å². The molecule has 0 bridgehead atoms. The quantitative estimate of drug-likeness (QED) is 0.771. The number of carbonyl (C=O) groups excluding carboxylic acids is 1. The Morgan fingerprint density at radius 2 is 1.95 bits per heavy atom. The van der Waals surface area contributed by atoms with Crippen molar-refractivity contribution in [2.24, 2.45) is 0 Å². The van der Waals surface area contributed by atoms with Gasteiger partial charge in [0, 0.05) is 26.8 Å². The first-order valence-electron chi connectivity index (χ1n) is 7.24. The normalized spacial score (nSPS) is 18.1. The number of hydrogen-bond acceptors (Lipinski definition) is 3. The zero-order valence-corrected chi connectivity index (χ0v) is 12.5. The molecule has 1 unspecified atom stereocenters. The van der Waals surface area contributed by atoms with Gasteiger partial charge >= 0.3 is 6.03 Å². The molecule has 1 fully saturated rings. The fraction of sp³-hybridized carbons (Fsp3) is 0.929. The molecule has 2 amide bonds. The Labute approximate surface area is 116 Å². The minimum Gasteiger partial charge on any atom is -0.383 e. The Kier molecular flexibility index (Phi) is 7.82. The summed E-state index contributed by atoms with van der Waals surface area (Å²) in [4.78, 5) is 14.1. The number of nitrogens with zero attached hydrogens (tertiary/aromatic N) is 1. The highest BCUT2D eigenvalue weighted by Gasteiger charge is 2.23. The second-order valence-electron chi connectivity index (χ2n) is 5.27. The molecule has 1 N–H and O–H groups in total. The number of methoxy groups -OCH3 is 2. The number of ether oxygens (including phenoxy) is 2. The van der Waals surface area contributed by atoms with Gasteiger partial charge in [-0.3, -0.25) is 0 Å². The van der Waals surface area contributed by atoms with Crippen LogP contribution in [0.1, 0.15) is 39.0 Å². The third-order valence-electron chi connectivity index (χ3n) is 3.67. The third kappa shape index (κ3) is 5.78. The molecule has 0 aromatic rings. The molecule has 0 aromatic carbocycles. The van der Waals surface area contributed by atoms with E-state index in [2.05, 4.69) is 5.32 Å². The van der Waals surface area contributed by atoms with Crippen LogP contribution in [0.4, 0.5) is 4.79 Å². The summed E-state index contributed by atoms with van der Waals surface area (Å²) < 4.78 is 10.2. The van der Waals surface area contributed by atoms with Gasteiger partial charge in [-0.05, 0) is 19.8 Å². The highest BCUT2D eigenvalue weighted by molar-refractivity contribution is 5.74. The summed E-state index contributed by atoms with van der Waals surface area (Å²) in [5, 5.41) is 3.14. The molecule has 1 rings (SSSR count). The number of rotatable bonds is 7. The summed E-state index contributed by atoms with van der Waals surface area (Å²) in [6, 6.07) is 0.401. The van der Waals surface area contributed by atoms with E-state index in [-0.39, 0.29) is 12.1 Å². The number of urea groups is 1. The van der Waals surface area contributed by atoms with E-state index in [1.165, 1.54) is 19.3 Å². The van der Waals surface area contributed by atoms with Gasteiger partial charge in [-0.15, -0.1) is 0 Å². The van der Waals surface area contributed by atoms with Crippen molar-refractivity contribution in [2.45, 2.75) is 51.1 Å². The van der Waals surface area contributed by atoms with Crippen LogP contribution < -0.4 is 5.32 Å². The van der Waals surface area contributed by atoms with Gasteiger partial charge in [0.1, 0.15) is 0 Å². The molecule has 0 radical (unpaired) electrons. The lowest BCUT2D eigenvalue weighted by atomic mass is 9.96. The van der Waals surface area contributed by atoms with Gasteiger partial charge in [0.2, 0.25) is 0 Å². The summed E-state index contributed by atoms with van der Waals surface area (Å²) in [5.74, 6) is 0. The highest BCUT2D eigenvalue weighted by Crippen LogP contribution is 2.17. The fourth-order valence-corrected chi connectivity index (χ4v) is 2.55. The molecule has 1 aliphatic carbocycles. The topological polar surface area (TPSA) is 50.8 Å². The molecule has 0 saturated heterocycles. The molecule has 112 valence electrons. The van der Waals surface area contributed by atoms with E-state index in [0.29, 0.717) is 25.8 Å². The molecule has 0 spiro atoms. The van der Waals surface area contributed by atoms with Crippen LogP contribution in [0.25, 0.3) is 0 Å². The van der Waals surface area contributed by atoms with Gasteiger partial charge in [-0.2, -0.15) is 0 Å². The van der Waals surface area contributed by atoms with E-state index in [1.54, 1.807) is 14.2 Å². The van der Waals surface area contributed by atoms with E-state index in [4.69, 9.17) is 9.47 Å². The Hall–Kier alpha value is -0.810. The van der Waals surface area contributed by atoms with Gasteiger partial charge in [0.05, 0.1) is 19.3 Å². The molecular weight excluding hydrogens is 244 g/mol. The Bertz CT molecular complexity index is 255. The van der Waals surface area contributed by atoms with Crippen LogP contribution in [0.2, 0.25) is 0 Å². The summed E-state index contributed by atoms with van der Waals surface area (Å²) in [7, 11) is 3.31. The Balaban J connectivity index is 2.48. The van der Waals surface area contributed by atoms with Gasteiger partial charge in [0.25, 0.3) is 0 Å². The van der Waals surface area contributed by atoms with Crippen molar-refractivity contribution < 1.29 is 14.3 Å². The predicted octanol–water partition coefficient (Wildman–Crippen LogP) is 2.01. The van der Waals surface area contributed by atoms with Gasteiger partial charge in [-0.1, -0.05) is 19.3 Å². The molecule has 0 aromatic heterocycles. The van der Waals surface area contributed by atoms with Crippen LogP contribution in [0.5, 0.6) is 0 Å². The maximum Gasteiger partial charge on any atom is 0.318 e. The van der Waals surface area contributed by atoms with Crippen LogP contribution in [0.15, 0.2) is 0 Å². The monoisotopic (exact) mass is 272 g/mol. The lowest BCUT2D eigenvalue weighted by Crippen LogP contribution is -2.51. The minimum atomic E-state index is 0.00787. The number of carbonyl (C=O) groups is 1. The molecule has 5 nitrogen and oxygen atoms in total. The minimum absolute atomic E-state index is 0.00787. The first-order chi connectivity index (χ1) is 9.19. The van der Waals surface area contributed by atoms with Crippen molar-refractivity contribution in [1.29, 1.82) is 0 Å². The highest BCUT2D eigenvalue weighted by atomic mass is 16.5. The molecule has 0 aliphatic heterocycles. The second kappa shape index (κ2) is 9.15. The molecule has 1 saturated carbocycles. The molecule has 1 atom stereocenters. The van der Waals surface area contributed by atoms with Crippen LogP contribution in [-0.2, 0) is 9.47 Å². The van der Waals surface area contributed by atoms with Crippen molar-refractivity contribution >= 4 is 6.03 Å². The molecular formula is C14H28N2O3. The summed E-state index contributed by atoms with van der Waals surface area (Å²) in [5.41, 5.74) is 0. The Morgan fingerprint density at radius 3 is 2.53 bits per heavy atom. The van der Waals surface area contributed by atoms with Crippen LogP contribution in [-0.4, -0.2) is 57.0 Å². The zero-order valence-electron chi connectivity index (χ0n) is 12.5. The molecule has 0 heterocycles. The van der Waals surface area contributed by atoms with E-state index >= 15 is 0 Å². The van der Waals surface area contributed by atoms with Gasteiger partial charge in [0.15, 0.2) is 0 Å². The molecule has 19 heavy (non-hydrogen) atoms. The fourth-order valence-electron chi connectivity index (χ4n) is 2.55. The third-order valence-corrected chi connectivity index (χ3v) is 3.67. The van der Waals surface area contributed by atoms with Gasteiger partial charge < -0.3 is 19.7 Å². The largest absolute Gasteiger partial charge is 0.383 e. The maximum absolute atomic E-state index is 12.3. The van der Waals surface area contributed by atoms with Crippen LogP contribution >= 0.6 is 0 Å². The summed E-state index contributed by atoms with van der Waals surface area (Å²) in [6.45, 7) is 3.69. The van der Waals surface area contributed by atoms with Crippen molar-refractivity contribution in [3.05, 3.63) is 0 Å². The number of nitrogens with one attached hydrogen (secondary N) is 1. The Morgan fingerprint density at radius 1 is 1.26 bits per heavy atom. The first-order valence-corrected chi connectivity index (χ1v) is 7.24. The lowest BCUT2D eigenvalue weighted by Gasteiger charge is -2.32. The average Bonchev–Trinajstić information content (AvgIpc) is 2.40. The zero-order chi connectivity index (χ0) is 14.1. The van der Waals surface area contributed by atoms with E-state index in [1.807, 2.05) is 11.8 Å². The number of amides is 2. The second-order valence-corrected chi connectivity index (χ2v) is 5.27. The van der Waals surface area contributed by atoms with E-state index in [0.717, 1.165) is 12.8 Å². The smallest absolute Gasteiger partial charge is 0.318 e.